The number of rotatable bonds is 7. The minimum Gasteiger partial charge on any atom is -0.504 e. The summed E-state index contributed by atoms with van der Waals surface area (Å²) in [4.78, 5) is 4.44. The topological polar surface area (TPSA) is 65.9 Å². The largest absolute Gasteiger partial charge is 0.504 e. The molecule has 0 fully saturated rings. The first-order chi connectivity index (χ1) is 9.72. The van der Waals surface area contributed by atoms with Gasteiger partial charge in [-0.3, -0.25) is 4.99 Å². The van der Waals surface area contributed by atoms with Crippen molar-refractivity contribution in [3.63, 3.8) is 0 Å². The van der Waals surface area contributed by atoms with Gasteiger partial charge in [0.1, 0.15) is 0 Å². The van der Waals surface area contributed by atoms with Gasteiger partial charge in [0.05, 0.1) is 7.11 Å². The van der Waals surface area contributed by atoms with Crippen LogP contribution in [0, 0.1) is 0 Å². The quantitative estimate of drug-likeness (QED) is 0.282. The third-order valence-corrected chi connectivity index (χ3v) is 2.71. The van der Waals surface area contributed by atoms with Gasteiger partial charge in [0.2, 0.25) is 0 Å². The Morgan fingerprint density at radius 2 is 2.19 bits per heavy atom. The minimum atomic E-state index is 0. The molecule has 0 aliphatic heterocycles. The first-order valence-electron chi connectivity index (χ1n) is 6.70. The maximum Gasteiger partial charge on any atom is 0.191 e. The van der Waals surface area contributed by atoms with Gasteiger partial charge in [-0.05, 0) is 25.0 Å². The SMILES string of the molecule is C=CCNC(=NCCc1cccc(OC)c1O)NCC.I. The number of para-hydroxylation sites is 1. The third-order valence-electron chi connectivity index (χ3n) is 2.71. The van der Waals surface area contributed by atoms with Crippen molar-refractivity contribution in [3.05, 3.63) is 36.4 Å². The van der Waals surface area contributed by atoms with E-state index in [4.69, 9.17) is 4.74 Å². The van der Waals surface area contributed by atoms with Crippen LogP contribution < -0.4 is 15.4 Å². The normalized spacial score (nSPS) is 10.5. The van der Waals surface area contributed by atoms with E-state index < -0.39 is 0 Å². The van der Waals surface area contributed by atoms with Gasteiger partial charge in [0.15, 0.2) is 17.5 Å². The standard InChI is InChI=1S/C15H23N3O2.HI/c1-4-10-17-15(16-5-2)18-11-9-12-7-6-8-13(20-3)14(12)19;/h4,6-8,19H,1,5,9-11H2,2-3H3,(H2,16,17,18);1H. The van der Waals surface area contributed by atoms with E-state index in [0.29, 0.717) is 25.3 Å². The van der Waals surface area contributed by atoms with E-state index in [0.717, 1.165) is 18.1 Å². The molecule has 0 aliphatic carbocycles. The highest BCUT2D eigenvalue weighted by atomic mass is 127. The maximum absolute atomic E-state index is 9.98. The van der Waals surface area contributed by atoms with Gasteiger partial charge < -0.3 is 20.5 Å². The first kappa shape index (κ1) is 19.6. The predicted octanol–water partition coefficient (Wildman–Crippen LogP) is 2.30. The van der Waals surface area contributed by atoms with Crippen LogP contribution in [0.2, 0.25) is 0 Å². The molecule has 0 radical (unpaired) electrons. The number of ether oxygens (including phenoxy) is 1. The zero-order valence-corrected chi connectivity index (χ0v) is 14.9. The Morgan fingerprint density at radius 3 is 2.81 bits per heavy atom. The van der Waals surface area contributed by atoms with E-state index >= 15 is 0 Å². The van der Waals surface area contributed by atoms with Crippen LogP contribution in [0.15, 0.2) is 35.8 Å². The van der Waals surface area contributed by atoms with Crippen LogP contribution in [0.5, 0.6) is 11.5 Å². The zero-order chi connectivity index (χ0) is 14.8. The number of phenols is 1. The molecule has 0 spiro atoms. The summed E-state index contributed by atoms with van der Waals surface area (Å²) in [6.07, 6.45) is 2.43. The summed E-state index contributed by atoms with van der Waals surface area (Å²) in [5.74, 6) is 1.42. The van der Waals surface area contributed by atoms with Crippen molar-refractivity contribution in [2.24, 2.45) is 4.99 Å². The average molecular weight is 405 g/mol. The number of benzene rings is 1. The monoisotopic (exact) mass is 405 g/mol. The van der Waals surface area contributed by atoms with Crippen molar-refractivity contribution in [3.8, 4) is 11.5 Å². The van der Waals surface area contributed by atoms with Gasteiger partial charge in [-0.15, -0.1) is 30.6 Å². The Morgan fingerprint density at radius 1 is 1.43 bits per heavy atom. The molecular weight excluding hydrogens is 381 g/mol. The van der Waals surface area contributed by atoms with E-state index in [9.17, 15) is 5.11 Å². The Hall–Kier alpha value is -1.44. The molecule has 3 N–H and O–H groups in total. The molecule has 0 amide bonds. The smallest absolute Gasteiger partial charge is 0.191 e. The van der Waals surface area contributed by atoms with E-state index in [1.165, 1.54) is 0 Å². The van der Waals surface area contributed by atoms with Crippen molar-refractivity contribution in [1.29, 1.82) is 0 Å². The van der Waals surface area contributed by atoms with Crippen LogP contribution in [0.4, 0.5) is 0 Å². The second-order valence-corrected chi connectivity index (χ2v) is 4.15. The zero-order valence-electron chi connectivity index (χ0n) is 12.6. The van der Waals surface area contributed by atoms with Gasteiger partial charge in [-0.25, -0.2) is 0 Å². The van der Waals surface area contributed by atoms with Crippen molar-refractivity contribution < 1.29 is 9.84 Å². The maximum atomic E-state index is 9.98. The van der Waals surface area contributed by atoms with Crippen molar-refractivity contribution in [2.75, 3.05) is 26.7 Å². The molecule has 1 aromatic rings. The van der Waals surface area contributed by atoms with E-state index in [2.05, 4.69) is 22.2 Å². The number of methoxy groups -OCH3 is 1. The lowest BCUT2D eigenvalue weighted by Gasteiger charge is -2.10. The van der Waals surface area contributed by atoms with Crippen molar-refractivity contribution in [2.45, 2.75) is 13.3 Å². The van der Waals surface area contributed by atoms with Crippen molar-refractivity contribution in [1.82, 2.24) is 10.6 Å². The predicted molar refractivity (Wildman–Crippen MR) is 98.0 cm³/mol. The Labute approximate surface area is 143 Å². The molecule has 0 unspecified atom stereocenters. The average Bonchev–Trinajstić information content (AvgIpc) is 2.46. The second-order valence-electron chi connectivity index (χ2n) is 4.15. The Kier molecular flexibility index (Phi) is 10.5. The number of phenolic OH excluding ortho intramolecular Hbond substituents is 1. The van der Waals surface area contributed by atoms with Gasteiger partial charge in [0, 0.05) is 19.6 Å². The lowest BCUT2D eigenvalue weighted by Crippen LogP contribution is -2.37. The van der Waals surface area contributed by atoms with E-state index in [1.807, 2.05) is 19.1 Å². The highest BCUT2D eigenvalue weighted by molar-refractivity contribution is 14.0. The molecular formula is C15H24IN3O2. The summed E-state index contributed by atoms with van der Waals surface area (Å²) < 4.78 is 5.08. The van der Waals surface area contributed by atoms with Gasteiger partial charge in [0.25, 0.3) is 0 Å². The summed E-state index contributed by atoms with van der Waals surface area (Å²) in [6, 6.07) is 5.47. The molecule has 0 heterocycles. The van der Waals surface area contributed by atoms with Crippen LogP contribution in [-0.2, 0) is 6.42 Å². The number of hydrogen-bond acceptors (Lipinski definition) is 3. The molecule has 1 aromatic carbocycles. The molecule has 0 bridgehead atoms. The fourth-order valence-corrected chi connectivity index (χ4v) is 1.73. The van der Waals surface area contributed by atoms with Gasteiger partial charge >= 0.3 is 0 Å². The number of aromatic hydroxyl groups is 1. The van der Waals surface area contributed by atoms with Crippen LogP contribution in [0.1, 0.15) is 12.5 Å². The summed E-state index contributed by atoms with van der Waals surface area (Å²) in [5, 5.41) is 16.3. The van der Waals surface area contributed by atoms with E-state index in [1.54, 1.807) is 19.3 Å². The fraction of sp³-hybridized carbons (Fsp3) is 0.400. The number of hydrogen-bond donors (Lipinski definition) is 3. The molecule has 1 rings (SSSR count). The van der Waals surface area contributed by atoms with Crippen LogP contribution in [0.3, 0.4) is 0 Å². The number of halogens is 1. The molecule has 0 aromatic heterocycles. The highest BCUT2D eigenvalue weighted by Gasteiger charge is 2.06. The fourth-order valence-electron chi connectivity index (χ4n) is 1.73. The number of guanidine groups is 1. The summed E-state index contributed by atoms with van der Waals surface area (Å²) in [7, 11) is 1.54. The summed E-state index contributed by atoms with van der Waals surface area (Å²) >= 11 is 0. The molecule has 5 nitrogen and oxygen atoms in total. The third kappa shape index (κ3) is 6.70. The molecule has 118 valence electrons. The molecule has 0 saturated heterocycles. The van der Waals surface area contributed by atoms with Gasteiger partial charge in [-0.1, -0.05) is 18.2 Å². The van der Waals surface area contributed by atoms with Crippen LogP contribution in [-0.4, -0.2) is 37.8 Å². The van der Waals surface area contributed by atoms with Crippen LogP contribution in [0.25, 0.3) is 0 Å². The molecule has 21 heavy (non-hydrogen) atoms. The summed E-state index contributed by atoms with van der Waals surface area (Å²) in [5.41, 5.74) is 0.827. The Balaban J connectivity index is 0.00000400. The Bertz CT molecular complexity index is 464. The first-order valence-corrected chi connectivity index (χ1v) is 6.70. The second kappa shape index (κ2) is 11.2. The highest BCUT2D eigenvalue weighted by Crippen LogP contribution is 2.29. The lowest BCUT2D eigenvalue weighted by molar-refractivity contribution is 0.370. The number of nitrogens with zero attached hydrogens (tertiary/aromatic N) is 1. The van der Waals surface area contributed by atoms with Crippen LogP contribution >= 0.6 is 24.0 Å². The molecule has 0 saturated carbocycles. The molecule has 6 heteroatoms. The van der Waals surface area contributed by atoms with Crippen molar-refractivity contribution >= 4 is 29.9 Å². The lowest BCUT2D eigenvalue weighted by atomic mass is 10.1. The van der Waals surface area contributed by atoms with Gasteiger partial charge in [-0.2, -0.15) is 0 Å². The van der Waals surface area contributed by atoms with E-state index in [-0.39, 0.29) is 29.7 Å². The number of aliphatic imine (C=N–C) groups is 1. The summed E-state index contributed by atoms with van der Waals surface area (Å²) in [6.45, 7) is 7.71. The molecule has 0 aliphatic rings. The minimum absolute atomic E-state index is 0. The molecule has 0 atom stereocenters. The number of nitrogens with one attached hydrogen (secondary N) is 2.